The van der Waals surface area contributed by atoms with E-state index in [1.807, 2.05) is 26.0 Å². The molecule has 0 amide bonds. The van der Waals surface area contributed by atoms with Gasteiger partial charge in [0.2, 0.25) is 0 Å². The van der Waals surface area contributed by atoms with Crippen molar-refractivity contribution in [1.29, 1.82) is 0 Å². The highest BCUT2D eigenvalue weighted by atomic mass is 31.2. The molecule has 17 heavy (non-hydrogen) atoms. The van der Waals surface area contributed by atoms with Gasteiger partial charge in [-0.05, 0) is 23.6 Å². The highest BCUT2D eigenvalue weighted by molar-refractivity contribution is 7.71. The van der Waals surface area contributed by atoms with E-state index < -0.39 is 7.14 Å². The number of benzene rings is 1. The quantitative estimate of drug-likeness (QED) is 0.746. The zero-order chi connectivity index (χ0) is 13.1. The smallest absolute Gasteiger partial charge is 0.129 e. The zero-order valence-electron chi connectivity index (χ0n) is 11.5. The van der Waals surface area contributed by atoms with E-state index in [4.69, 9.17) is 4.74 Å². The molecule has 0 aromatic heterocycles. The van der Waals surface area contributed by atoms with E-state index in [0.29, 0.717) is 18.2 Å². The van der Waals surface area contributed by atoms with E-state index >= 15 is 0 Å². The molecule has 0 radical (unpaired) electrons. The molecule has 0 saturated heterocycles. The van der Waals surface area contributed by atoms with Gasteiger partial charge in [-0.15, -0.1) is 0 Å². The molecule has 0 fully saturated rings. The lowest BCUT2D eigenvalue weighted by atomic mass is 10.0. The first kappa shape index (κ1) is 14.3. The molecular formula is C14H23O2P. The van der Waals surface area contributed by atoms with Crippen LogP contribution < -0.4 is 10.0 Å². The van der Waals surface area contributed by atoms with Crippen LogP contribution in [0.25, 0.3) is 0 Å². The summed E-state index contributed by atoms with van der Waals surface area (Å²) in [4.78, 5) is 0. The van der Waals surface area contributed by atoms with Crippen LogP contribution in [0.3, 0.4) is 0 Å². The first-order valence-corrected chi connectivity index (χ1v) is 8.32. The van der Waals surface area contributed by atoms with Gasteiger partial charge >= 0.3 is 0 Å². The summed E-state index contributed by atoms with van der Waals surface area (Å²) in [5.74, 6) is 1.24. The standard InChI is InChI=1S/C14H23O2P/c1-6-17(15,7-2)14-9-8-12(11(3)4)10-13(14)16-5/h8-11H,6-7H2,1-5H3. The van der Waals surface area contributed by atoms with Crippen molar-refractivity contribution >= 4 is 12.4 Å². The number of ether oxygens (including phenoxy) is 1. The van der Waals surface area contributed by atoms with Gasteiger partial charge in [-0.2, -0.15) is 0 Å². The van der Waals surface area contributed by atoms with Crippen molar-refractivity contribution in [2.45, 2.75) is 33.6 Å². The second-order valence-electron chi connectivity index (χ2n) is 4.61. The van der Waals surface area contributed by atoms with E-state index in [9.17, 15) is 4.57 Å². The van der Waals surface area contributed by atoms with Gasteiger partial charge in [0.15, 0.2) is 0 Å². The lowest BCUT2D eigenvalue weighted by molar-refractivity contribution is 0.417. The van der Waals surface area contributed by atoms with Gasteiger partial charge in [-0.1, -0.05) is 33.8 Å². The molecule has 0 heterocycles. The van der Waals surface area contributed by atoms with Gasteiger partial charge in [-0.3, -0.25) is 0 Å². The molecule has 1 aromatic rings. The van der Waals surface area contributed by atoms with Gasteiger partial charge in [0, 0.05) is 12.3 Å². The number of methoxy groups -OCH3 is 1. The number of hydrogen-bond acceptors (Lipinski definition) is 2. The van der Waals surface area contributed by atoms with E-state index in [1.54, 1.807) is 7.11 Å². The SMILES string of the molecule is CCP(=O)(CC)c1ccc(C(C)C)cc1OC. The molecule has 0 spiro atoms. The van der Waals surface area contributed by atoms with Crippen LogP contribution in [-0.2, 0) is 4.57 Å². The van der Waals surface area contributed by atoms with E-state index in [2.05, 4.69) is 19.9 Å². The van der Waals surface area contributed by atoms with Crippen LogP contribution in [0, 0.1) is 0 Å². The first-order chi connectivity index (χ1) is 7.98. The minimum Gasteiger partial charge on any atom is -0.496 e. The molecule has 1 aromatic carbocycles. The molecule has 0 bridgehead atoms. The Morgan fingerprint density at radius 3 is 2.24 bits per heavy atom. The molecule has 3 heteroatoms. The largest absolute Gasteiger partial charge is 0.496 e. The highest BCUT2D eigenvalue weighted by Gasteiger charge is 2.24. The zero-order valence-corrected chi connectivity index (χ0v) is 12.4. The minimum absolute atomic E-state index is 0.459. The van der Waals surface area contributed by atoms with E-state index in [0.717, 1.165) is 11.1 Å². The van der Waals surface area contributed by atoms with Crippen molar-refractivity contribution in [3.8, 4) is 5.75 Å². The Labute approximate surface area is 105 Å². The number of hydrogen-bond donors (Lipinski definition) is 0. The Morgan fingerprint density at radius 1 is 1.24 bits per heavy atom. The monoisotopic (exact) mass is 254 g/mol. The van der Waals surface area contributed by atoms with E-state index in [-0.39, 0.29) is 0 Å². The minimum atomic E-state index is -2.26. The van der Waals surface area contributed by atoms with Crippen molar-refractivity contribution < 1.29 is 9.30 Å². The van der Waals surface area contributed by atoms with Crippen LogP contribution in [0.1, 0.15) is 39.2 Å². The molecule has 0 N–H and O–H groups in total. The van der Waals surface area contributed by atoms with Gasteiger partial charge in [-0.25, -0.2) is 0 Å². The third kappa shape index (κ3) is 2.93. The lowest BCUT2D eigenvalue weighted by Crippen LogP contribution is -2.12. The lowest BCUT2D eigenvalue weighted by Gasteiger charge is -2.19. The second kappa shape index (κ2) is 5.73. The van der Waals surface area contributed by atoms with Crippen LogP contribution in [0.2, 0.25) is 0 Å². The third-order valence-electron chi connectivity index (χ3n) is 3.33. The van der Waals surface area contributed by atoms with Crippen LogP contribution in [-0.4, -0.2) is 19.4 Å². The van der Waals surface area contributed by atoms with Gasteiger partial charge in [0.25, 0.3) is 0 Å². The molecule has 0 atom stereocenters. The first-order valence-electron chi connectivity index (χ1n) is 6.25. The van der Waals surface area contributed by atoms with Gasteiger partial charge in [0.1, 0.15) is 12.9 Å². The van der Waals surface area contributed by atoms with Crippen molar-refractivity contribution in [2.24, 2.45) is 0 Å². The Morgan fingerprint density at radius 2 is 1.82 bits per heavy atom. The maximum atomic E-state index is 12.7. The second-order valence-corrected chi connectivity index (χ2v) is 8.13. The summed E-state index contributed by atoms with van der Waals surface area (Å²) < 4.78 is 18.1. The maximum absolute atomic E-state index is 12.7. The van der Waals surface area contributed by atoms with Crippen molar-refractivity contribution in [3.05, 3.63) is 23.8 Å². The predicted octanol–water partition coefficient (Wildman–Crippen LogP) is 3.85. The Hall–Kier alpha value is -0.750. The van der Waals surface area contributed by atoms with Crippen LogP contribution in [0.15, 0.2) is 18.2 Å². The van der Waals surface area contributed by atoms with Crippen LogP contribution in [0.4, 0.5) is 0 Å². The molecule has 0 aliphatic heterocycles. The van der Waals surface area contributed by atoms with Crippen molar-refractivity contribution in [1.82, 2.24) is 0 Å². The average molecular weight is 254 g/mol. The van der Waals surface area contributed by atoms with Crippen LogP contribution in [0.5, 0.6) is 5.75 Å². The van der Waals surface area contributed by atoms with Gasteiger partial charge < -0.3 is 9.30 Å². The number of rotatable bonds is 5. The third-order valence-corrected chi connectivity index (χ3v) is 6.62. The fraction of sp³-hybridized carbons (Fsp3) is 0.571. The molecule has 0 saturated carbocycles. The topological polar surface area (TPSA) is 26.3 Å². The summed E-state index contributed by atoms with van der Waals surface area (Å²) in [5, 5.41) is 0.898. The fourth-order valence-electron chi connectivity index (χ4n) is 1.95. The summed E-state index contributed by atoms with van der Waals surface area (Å²) in [5.41, 5.74) is 1.23. The average Bonchev–Trinajstić information content (AvgIpc) is 2.36. The Bertz CT molecular complexity index is 416. The Kier molecular flexibility index (Phi) is 4.82. The molecule has 0 unspecified atom stereocenters. The summed E-state index contributed by atoms with van der Waals surface area (Å²) in [6.07, 6.45) is 1.39. The molecule has 96 valence electrons. The van der Waals surface area contributed by atoms with Crippen molar-refractivity contribution in [3.63, 3.8) is 0 Å². The summed E-state index contributed by atoms with van der Waals surface area (Å²) >= 11 is 0. The summed E-state index contributed by atoms with van der Waals surface area (Å²) in [6.45, 7) is 8.27. The van der Waals surface area contributed by atoms with Crippen LogP contribution >= 0.6 is 7.14 Å². The van der Waals surface area contributed by atoms with Gasteiger partial charge in [0.05, 0.1) is 12.4 Å². The molecule has 0 aliphatic rings. The van der Waals surface area contributed by atoms with E-state index in [1.165, 1.54) is 5.56 Å². The van der Waals surface area contributed by atoms with Crippen molar-refractivity contribution in [2.75, 3.05) is 19.4 Å². The molecule has 1 rings (SSSR count). The molecule has 0 aliphatic carbocycles. The summed E-state index contributed by atoms with van der Waals surface area (Å²) in [6, 6.07) is 6.08. The normalized spacial score (nSPS) is 11.9. The molecule has 2 nitrogen and oxygen atoms in total. The maximum Gasteiger partial charge on any atom is 0.129 e. The highest BCUT2D eigenvalue weighted by Crippen LogP contribution is 2.46. The Balaban J connectivity index is 3.31. The fourth-order valence-corrected chi connectivity index (χ4v) is 3.99. The molecular weight excluding hydrogens is 231 g/mol. The summed E-state index contributed by atoms with van der Waals surface area (Å²) in [7, 11) is -0.611. The predicted molar refractivity (Wildman–Crippen MR) is 75.4 cm³/mol.